The van der Waals surface area contributed by atoms with E-state index in [9.17, 15) is 9.18 Å². The number of fused-ring (bicyclic) bond motifs is 1. The van der Waals surface area contributed by atoms with Gasteiger partial charge in [0.1, 0.15) is 5.82 Å². The van der Waals surface area contributed by atoms with Crippen molar-refractivity contribution in [2.75, 3.05) is 13.2 Å². The number of urea groups is 1. The molecule has 0 saturated carbocycles. The highest BCUT2D eigenvalue weighted by Gasteiger charge is 2.24. The largest absolute Gasteiger partial charge is 0.395 e. The van der Waals surface area contributed by atoms with Gasteiger partial charge in [-0.2, -0.15) is 0 Å². The fraction of sp³-hybridized carbons (Fsp3) is 0.417. The van der Waals surface area contributed by atoms with Crippen LogP contribution < -0.4 is 10.6 Å². The maximum absolute atomic E-state index is 13.1. The summed E-state index contributed by atoms with van der Waals surface area (Å²) in [6, 6.07) is 4.20. The molecular weight excluding hydrogens is 223 g/mol. The molecule has 2 amide bonds. The smallest absolute Gasteiger partial charge is 0.315 e. The molecule has 0 spiro atoms. The molecule has 1 aromatic carbocycles. The molecule has 1 aliphatic carbocycles. The average Bonchev–Trinajstić information content (AvgIpc) is 2.69. The van der Waals surface area contributed by atoms with Gasteiger partial charge in [-0.05, 0) is 36.1 Å². The predicted molar refractivity (Wildman–Crippen MR) is 61.1 cm³/mol. The maximum Gasteiger partial charge on any atom is 0.315 e. The Balaban J connectivity index is 2.01. The lowest BCUT2D eigenvalue weighted by Crippen LogP contribution is -2.38. The molecule has 1 aliphatic rings. The number of halogens is 1. The molecule has 17 heavy (non-hydrogen) atoms. The van der Waals surface area contributed by atoms with Crippen LogP contribution in [0, 0.1) is 5.82 Å². The first kappa shape index (κ1) is 11.9. The molecule has 0 aliphatic heterocycles. The van der Waals surface area contributed by atoms with E-state index in [4.69, 9.17) is 5.11 Å². The number of carbonyl (C=O) groups excluding carboxylic acids is 1. The predicted octanol–water partition coefficient (Wildman–Crippen LogP) is 1.10. The molecule has 2 rings (SSSR count). The van der Waals surface area contributed by atoms with Crippen molar-refractivity contribution in [1.29, 1.82) is 0 Å². The number of aryl methyl sites for hydroxylation is 1. The van der Waals surface area contributed by atoms with Crippen LogP contribution >= 0.6 is 0 Å². The third kappa shape index (κ3) is 2.74. The molecule has 0 bridgehead atoms. The molecule has 92 valence electrons. The summed E-state index contributed by atoms with van der Waals surface area (Å²) in [6.45, 7) is 0.123. The van der Waals surface area contributed by atoms with Crippen molar-refractivity contribution in [3.63, 3.8) is 0 Å². The highest BCUT2D eigenvalue weighted by molar-refractivity contribution is 5.74. The molecular formula is C12H15FN2O2. The quantitative estimate of drug-likeness (QED) is 0.738. The van der Waals surface area contributed by atoms with Crippen molar-refractivity contribution >= 4 is 6.03 Å². The fourth-order valence-corrected chi connectivity index (χ4v) is 2.10. The Morgan fingerprint density at radius 1 is 1.53 bits per heavy atom. The normalized spacial score (nSPS) is 17.6. The van der Waals surface area contributed by atoms with Gasteiger partial charge in [-0.3, -0.25) is 0 Å². The zero-order valence-electron chi connectivity index (χ0n) is 9.37. The highest BCUT2D eigenvalue weighted by Crippen LogP contribution is 2.31. The van der Waals surface area contributed by atoms with E-state index in [1.807, 2.05) is 0 Å². The first-order valence-corrected chi connectivity index (χ1v) is 5.64. The van der Waals surface area contributed by atoms with Gasteiger partial charge >= 0.3 is 6.03 Å². The van der Waals surface area contributed by atoms with Crippen molar-refractivity contribution in [2.45, 2.75) is 18.9 Å². The Morgan fingerprint density at radius 3 is 3.12 bits per heavy atom. The van der Waals surface area contributed by atoms with Crippen molar-refractivity contribution in [2.24, 2.45) is 0 Å². The van der Waals surface area contributed by atoms with Crippen LogP contribution in [0.5, 0.6) is 0 Å². The maximum atomic E-state index is 13.1. The summed E-state index contributed by atoms with van der Waals surface area (Å²) in [7, 11) is 0. The summed E-state index contributed by atoms with van der Waals surface area (Å²) in [5.41, 5.74) is 1.93. The zero-order chi connectivity index (χ0) is 12.3. The second kappa shape index (κ2) is 5.14. The zero-order valence-corrected chi connectivity index (χ0v) is 9.37. The summed E-state index contributed by atoms with van der Waals surface area (Å²) in [5, 5.41) is 13.9. The van der Waals surface area contributed by atoms with E-state index < -0.39 is 0 Å². The number of hydrogen-bond donors (Lipinski definition) is 3. The summed E-state index contributed by atoms with van der Waals surface area (Å²) in [5.74, 6) is -0.284. The fourth-order valence-electron chi connectivity index (χ4n) is 2.10. The summed E-state index contributed by atoms with van der Waals surface area (Å²) in [4.78, 5) is 11.4. The SMILES string of the molecule is O=C(NCCO)NC1CCc2ccc(F)cc21. The molecule has 5 heteroatoms. The lowest BCUT2D eigenvalue weighted by molar-refractivity contribution is 0.230. The lowest BCUT2D eigenvalue weighted by atomic mass is 10.1. The minimum atomic E-state index is -0.332. The minimum Gasteiger partial charge on any atom is -0.395 e. The van der Waals surface area contributed by atoms with Gasteiger partial charge in [-0.1, -0.05) is 6.07 Å². The van der Waals surface area contributed by atoms with Crippen LogP contribution in [0.15, 0.2) is 18.2 Å². The van der Waals surface area contributed by atoms with Gasteiger partial charge in [0, 0.05) is 6.54 Å². The Labute approximate surface area is 98.8 Å². The van der Waals surface area contributed by atoms with Crippen molar-refractivity contribution in [3.8, 4) is 0 Å². The molecule has 1 atom stereocenters. The number of benzene rings is 1. The number of carbonyl (C=O) groups is 1. The van der Waals surface area contributed by atoms with Gasteiger partial charge in [0.2, 0.25) is 0 Å². The summed E-state index contributed by atoms with van der Waals surface area (Å²) in [6.07, 6.45) is 1.63. The van der Waals surface area contributed by atoms with Crippen LogP contribution in [0.25, 0.3) is 0 Å². The van der Waals surface area contributed by atoms with Gasteiger partial charge in [0.05, 0.1) is 12.6 Å². The van der Waals surface area contributed by atoms with Gasteiger partial charge < -0.3 is 15.7 Å². The van der Waals surface area contributed by atoms with Crippen LogP contribution in [-0.4, -0.2) is 24.3 Å². The van der Waals surface area contributed by atoms with Gasteiger partial charge in [-0.25, -0.2) is 9.18 Å². The topological polar surface area (TPSA) is 61.4 Å². The molecule has 3 N–H and O–H groups in total. The Bertz CT molecular complexity index is 423. The average molecular weight is 238 g/mol. The van der Waals surface area contributed by atoms with Crippen LogP contribution in [0.1, 0.15) is 23.6 Å². The third-order valence-electron chi connectivity index (χ3n) is 2.89. The molecule has 1 unspecified atom stereocenters. The van der Waals surface area contributed by atoms with Crippen molar-refractivity contribution < 1.29 is 14.3 Å². The number of nitrogens with one attached hydrogen (secondary N) is 2. The van der Waals surface area contributed by atoms with Crippen molar-refractivity contribution in [3.05, 3.63) is 35.1 Å². The Kier molecular flexibility index (Phi) is 3.58. The molecule has 0 radical (unpaired) electrons. The van der Waals surface area contributed by atoms with Crippen LogP contribution in [-0.2, 0) is 6.42 Å². The first-order valence-electron chi connectivity index (χ1n) is 5.64. The second-order valence-electron chi connectivity index (χ2n) is 4.06. The number of hydrogen-bond acceptors (Lipinski definition) is 2. The van der Waals surface area contributed by atoms with E-state index in [-0.39, 0.29) is 31.0 Å². The van der Waals surface area contributed by atoms with Crippen LogP contribution in [0.4, 0.5) is 9.18 Å². The number of aliphatic hydroxyl groups excluding tert-OH is 1. The molecule has 0 saturated heterocycles. The number of amides is 2. The summed E-state index contributed by atoms with van der Waals surface area (Å²) >= 11 is 0. The van der Waals surface area contributed by atoms with E-state index in [1.54, 1.807) is 6.07 Å². The standard InChI is InChI=1S/C12H15FN2O2/c13-9-3-1-8-2-4-11(10(8)7-9)15-12(17)14-5-6-16/h1,3,7,11,16H,2,4-6H2,(H2,14,15,17). The number of aliphatic hydroxyl groups is 1. The van der Waals surface area contributed by atoms with E-state index in [0.29, 0.717) is 0 Å². The minimum absolute atomic E-state index is 0.0939. The lowest BCUT2D eigenvalue weighted by Gasteiger charge is -2.14. The Hall–Kier alpha value is -1.62. The second-order valence-corrected chi connectivity index (χ2v) is 4.06. The van der Waals surface area contributed by atoms with Crippen LogP contribution in [0.2, 0.25) is 0 Å². The monoisotopic (exact) mass is 238 g/mol. The molecule has 4 nitrogen and oxygen atoms in total. The van der Waals surface area contributed by atoms with Crippen molar-refractivity contribution in [1.82, 2.24) is 10.6 Å². The molecule has 0 fully saturated rings. The first-order chi connectivity index (χ1) is 8.20. The van der Waals surface area contributed by atoms with Gasteiger partial charge in [-0.15, -0.1) is 0 Å². The van der Waals surface area contributed by atoms with Gasteiger partial charge in [0.15, 0.2) is 0 Å². The van der Waals surface area contributed by atoms with E-state index in [1.165, 1.54) is 12.1 Å². The number of rotatable bonds is 3. The molecule has 0 heterocycles. The summed E-state index contributed by atoms with van der Waals surface area (Å²) < 4.78 is 13.1. The molecule has 0 aromatic heterocycles. The molecule has 1 aromatic rings. The third-order valence-corrected chi connectivity index (χ3v) is 2.89. The van der Waals surface area contributed by atoms with E-state index in [0.717, 1.165) is 24.0 Å². The van der Waals surface area contributed by atoms with Gasteiger partial charge in [0.25, 0.3) is 0 Å². The van der Waals surface area contributed by atoms with E-state index >= 15 is 0 Å². The Morgan fingerprint density at radius 2 is 2.35 bits per heavy atom. The highest BCUT2D eigenvalue weighted by atomic mass is 19.1. The van der Waals surface area contributed by atoms with Crippen LogP contribution in [0.3, 0.4) is 0 Å². The van der Waals surface area contributed by atoms with E-state index in [2.05, 4.69) is 10.6 Å².